The zero-order valence-electron chi connectivity index (χ0n) is 20.7. The number of hydrogen-bond acceptors (Lipinski definition) is 10. The molecule has 9 nitrogen and oxygen atoms in total. The Labute approximate surface area is 230 Å². The molecular formula is C27H21FN4O5S2. The molecule has 3 heterocycles. The average Bonchev–Trinajstić information content (AvgIpc) is 3.54. The van der Waals surface area contributed by atoms with E-state index >= 15 is 0 Å². The van der Waals surface area contributed by atoms with Crippen molar-refractivity contribution in [2.75, 3.05) is 19.1 Å². The van der Waals surface area contributed by atoms with Gasteiger partial charge in [-0.2, -0.15) is 0 Å². The number of benzene rings is 2. The second kappa shape index (κ2) is 11.2. The standard InChI is InChI=1S/C27H21FN4O5S2/c1-36-19-8-5-17(13-20(19)37-2)22-21(23(33)16-9-11-29-12-10-16)24(34)25(35)32(22)26-30-31-27(39-26)38-14-15-3-6-18(28)7-4-15/h3-13,22,33H,14H2,1-2H3/b23-21+. The van der Waals surface area contributed by atoms with Gasteiger partial charge in [-0.3, -0.25) is 19.5 Å². The number of aliphatic hydroxyl groups excluding tert-OH is 1. The molecule has 12 heteroatoms. The second-order valence-electron chi connectivity index (χ2n) is 8.29. The molecule has 1 saturated heterocycles. The van der Waals surface area contributed by atoms with E-state index in [2.05, 4.69) is 15.2 Å². The molecule has 1 aliphatic rings. The first-order valence-corrected chi connectivity index (χ1v) is 13.4. The number of rotatable bonds is 8. The molecule has 0 saturated carbocycles. The highest BCUT2D eigenvalue weighted by Crippen LogP contribution is 2.45. The predicted molar refractivity (Wildman–Crippen MR) is 144 cm³/mol. The van der Waals surface area contributed by atoms with Crippen molar-refractivity contribution in [1.82, 2.24) is 15.2 Å². The van der Waals surface area contributed by atoms with Crippen molar-refractivity contribution in [2.45, 2.75) is 16.1 Å². The molecule has 1 amide bonds. The number of aliphatic hydroxyl groups is 1. The van der Waals surface area contributed by atoms with Crippen molar-refractivity contribution in [3.05, 3.63) is 95.1 Å². The minimum atomic E-state index is -1.01. The van der Waals surface area contributed by atoms with Crippen LogP contribution in [0, 0.1) is 5.82 Å². The van der Waals surface area contributed by atoms with Gasteiger partial charge >= 0.3 is 5.91 Å². The minimum absolute atomic E-state index is 0.103. The maximum absolute atomic E-state index is 13.4. The Morgan fingerprint density at radius 1 is 1.03 bits per heavy atom. The fraction of sp³-hybridized carbons (Fsp3) is 0.148. The number of amides is 1. The molecule has 1 fully saturated rings. The highest BCUT2D eigenvalue weighted by molar-refractivity contribution is 8.00. The number of aromatic nitrogens is 3. The summed E-state index contributed by atoms with van der Waals surface area (Å²) < 4.78 is 24.6. The van der Waals surface area contributed by atoms with Gasteiger partial charge in [0, 0.05) is 23.7 Å². The molecule has 0 spiro atoms. The van der Waals surface area contributed by atoms with Gasteiger partial charge in [0.25, 0.3) is 5.78 Å². The average molecular weight is 565 g/mol. The van der Waals surface area contributed by atoms with Crippen LogP contribution in [0.3, 0.4) is 0 Å². The van der Waals surface area contributed by atoms with Gasteiger partial charge in [-0.05, 0) is 47.5 Å². The zero-order chi connectivity index (χ0) is 27.5. The number of nitrogens with zero attached hydrogens (tertiary/aromatic N) is 4. The van der Waals surface area contributed by atoms with Crippen LogP contribution in [0.15, 0.2) is 76.9 Å². The quantitative estimate of drug-likeness (QED) is 0.104. The number of thioether (sulfide) groups is 1. The van der Waals surface area contributed by atoms with E-state index in [0.717, 1.165) is 16.9 Å². The number of hydrogen-bond donors (Lipinski definition) is 1. The third-order valence-corrected chi connectivity index (χ3v) is 8.13. The third kappa shape index (κ3) is 5.20. The number of methoxy groups -OCH3 is 2. The van der Waals surface area contributed by atoms with Crippen LogP contribution in [-0.2, 0) is 15.3 Å². The summed E-state index contributed by atoms with van der Waals surface area (Å²) >= 11 is 2.50. The van der Waals surface area contributed by atoms with Crippen LogP contribution in [0.1, 0.15) is 22.7 Å². The molecule has 0 aliphatic carbocycles. The molecule has 198 valence electrons. The van der Waals surface area contributed by atoms with Crippen molar-refractivity contribution in [3.63, 3.8) is 0 Å². The van der Waals surface area contributed by atoms with E-state index in [1.54, 1.807) is 42.5 Å². The summed E-state index contributed by atoms with van der Waals surface area (Å²) in [6.45, 7) is 0. The molecule has 1 atom stereocenters. The molecule has 2 aromatic carbocycles. The lowest BCUT2D eigenvalue weighted by Gasteiger charge is -2.23. The summed E-state index contributed by atoms with van der Waals surface area (Å²) in [6, 6.07) is 13.2. The zero-order valence-corrected chi connectivity index (χ0v) is 22.3. The van der Waals surface area contributed by atoms with E-state index in [0.29, 0.717) is 32.7 Å². The van der Waals surface area contributed by atoms with E-state index in [1.807, 2.05) is 0 Å². The molecule has 2 aromatic heterocycles. The van der Waals surface area contributed by atoms with Crippen LogP contribution in [0.2, 0.25) is 0 Å². The summed E-state index contributed by atoms with van der Waals surface area (Å²) in [7, 11) is 2.98. The van der Waals surface area contributed by atoms with Crippen molar-refractivity contribution in [3.8, 4) is 11.5 Å². The van der Waals surface area contributed by atoms with Gasteiger partial charge in [0.2, 0.25) is 5.13 Å². The molecule has 4 aromatic rings. The Balaban J connectivity index is 1.56. The first-order chi connectivity index (χ1) is 18.9. The topological polar surface area (TPSA) is 115 Å². The van der Waals surface area contributed by atoms with Crippen molar-refractivity contribution in [1.29, 1.82) is 0 Å². The van der Waals surface area contributed by atoms with Crippen LogP contribution in [0.25, 0.3) is 5.76 Å². The van der Waals surface area contributed by atoms with Crippen LogP contribution >= 0.6 is 23.1 Å². The highest BCUT2D eigenvalue weighted by atomic mass is 32.2. The number of anilines is 1. The van der Waals surface area contributed by atoms with E-state index in [9.17, 15) is 19.1 Å². The Bertz CT molecular complexity index is 1560. The number of pyridine rings is 1. The normalized spacial score (nSPS) is 16.5. The van der Waals surface area contributed by atoms with Crippen molar-refractivity contribution < 1.29 is 28.6 Å². The molecule has 1 aliphatic heterocycles. The van der Waals surface area contributed by atoms with Crippen LogP contribution in [-0.4, -0.2) is 46.2 Å². The van der Waals surface area contributed by atoms with Gasteiger partial charge in [-0.15, -0.1) is 10.2 Å². The minimum Gasteiger partial charge on any atom is -0.507 e. The molecule has 5 rings (SSSR count). The fourth-order valence-corrected chi connectivity index (χ4v) is 5.94. The van der Waals surface area contributed by atoms with Gasteiger partial charge in [0.1, 0.15) is 11.6 Å². The number of ketones is 1. The molecule has 0 radical (unpaired) electrons. The van der Waals surface area contributed by atoms with Gasteiger partial charge in [-0.25, -0.2) is 4.39 Å². The summed E-state index contributed by atoms with van der Waals surface area (Å²) in [4.78, 5) is 31.9. The molecule has 0 bridgehead atoms. The maximum Gasteiger partial charge on any atom is 0.301 e. The van der Waals surface area contributed by atoms with E-state index in [1.165, 1.54) is 55.4 Å². The fourth-order valence-electron chi connectivity index (χ4n) is 4.12. The van der Waals surface area contributed by atoms with E-state index in [4.69, 9.17) is 9.47 Å². The Hall–Kier alpha value is -4.29. The Kier molecular flexibility index (Phi) is 7.57. The predicted octanol–water partition coefficient (Wildman–Crippen LogP) is 5.01. The number of ether oxygens (including phenoxy) is 2. The monoisotopic (exact) mass is 564 g/mol. The van der Waals surface area contributed by atoms with Gasteiger partial charge < -0.3 is 14.6 Å². The maximum atomic E-state index is 13.4. The highest BCUT2D eigenvalue weighted by Gasteiger charge is 2.48. The molecule has 1 N–H and O–H groups in total. The Morgan fingerprint density at radius 3 is 2.44 bits per heavy atom. The molecular weight excluding hydrogens is 543 g/mol. The molecule has 1 unspecified atom stereocenters. The lowest BCUT2D eigenvalue weighted by Crippen LogP contribution is -2.29. The van der Waals surface area contributed by atoms with E-state index in [-0.39, 0.29) is 22.3 Å². The lowest BCUT2D eigenvalue weighted by molar-refractivity contribution is -0.132. The summed E-state index contributed by atoms with van der Waals surface area (Å²) in [5.41, 5.74) is 1.62. The van der Waals surface area contributed by atoms with Crippen LogP contribution in [0.5, 0.6) is 11.5 Å². The number of Topliss-reactive ketones (excluding diaryl/α,β-unsaturated/α-hetero) is 1. The second-order valence-corrected chi connectivity index (χ2v) is 10.5. The van der Waals surface area contributed by atoms with E-state index < -0.39 is 17.7 Å². The van der Waals surface area contributed by atoms with Crippen molar-refractivity contribution in [2.24, 2.45) is 0 Å². The summed E-state index contributed by atoms with van der Waals surface area (Å²) in [5, 5.41) is 19.8. The van der Waals surface area contributed by atoms with Crippen molar-refractivity contribution >= 4 is 45.7 Å². The van der Waals surface area contributed by atoms with Gasteiger partial charge in [0.05, 0.1) is 25.8 Å². The SMILES string of the molecule is COc1ccc(C2/C(=C(\O)c3ccncc3)C(=O)C(=O)N2c2nnc(SCc3ccc(F)cc3)s2)cc1OC. The largest absolute Gasteiger partial charge is 0.507 e. The van der Waals surface area contributed by atoms with Crippen LogP contribution < -0.4 is 14.4 Å². The van der Waals surface area contributed by atoms with Gasteiger partial charge in [0.15, 0.2) is 15.8 Å². The first kappa shape index (κ1) is 26.3. The smallest absolute Gasteiger partial charge is 0.301 e. The number of carbonyl (C=O) groups is 2. The number of carbonyl (C=O) groups excluding carboxylic acids is 2. The first-order valence-electron chi connectivity index (χ1n) is 11.5. The summed E-state index contributed by atoms with van der Waals surface area (Å²) in [6.07, 6.45) is 2.96. The summed E-state index contributed by atoms with van der Waals surface area (Å²) in [5.74, 6) is -1.02. The Morgan fingerprint density at radius 2 is 1.74 bits per heavy atom. The van der Waals surface area contributed by atoms with Gasteiger partial charge in [-0.1, -0.05) is 41.3 Å². The molecule has 39 heavy (non-hydrogen) atoms. The third-order valence-electron chi connectivity index (χ3n) is 6.00. The number of halogens is 1. The lowest BCUT2D eigenvalue weighted by atomic mass is 9.95. The van der Waals surface area contributed by atoms with Crippen LogP contribution in [0.4, 0.5) is 9.52 Å².